The molecule has 8 heteroatoms. The minimum Gasteiger partial charge on any atom is -0.324 e. The number of nitro benzene ring substituents is 1. The SMILES string of the molecule is O=C(c1cccnc1)[C@@H]1[C@H](c2cccc([N+](=O)[O-])c2)[C@H]2CCCN2[C@]12C(=O)Nc1ccccc12. The summed E-state index contributed by atoms with van der Waals surface area (Å²) in [5.74, 6) is -1.53. The molecule has 170 valence electrons. The van der Waals surface area contributed by atoms with E-state index in [4.69, 9.17) is 0 Å². The highest BCUT2D eigenvalue weighted by Gasteiger charge is 2.69. The van der Waals surface area contributed by atoms with Gasteiger partial charge in [-0.25, -0.2) is 0 Å². The Hall–Kier alpha value is -3.91. The van der Waals surface area contributed by atoms with Gasteiger partial charge >= 0.3 is 0 Å². The van der Waals surface area contributed by atoms with Gasteiger partial charge in [0.25, 0.3) is 5.69 Å². The summed E-state index contributed by atoms with van der Waals surface area (Å²) in [4.78, 5) is 45.5. The van der Waals surface area contributed by atoms with Gasteiger partial charge in [-0.05, 0) is 43.1 Å². The van der Waals surface area contributed by atoms with E-state index in [2.05, 4.69) is 15.2 Å². The fraction of sp³-hybridized carbons (Fsp3) is 0.269. The summed E-state index contributed by atoms with van der Waals surface area (Å²) < 4.78 is 0. The quantitative estimate of drug-likeness (QED) is 0.364. The molecule has 6 rings (SSSR count). The van der Waals surface area contributed by atoms with Crippen LogP contribution in [0.2, 0.25) is 0 Å². The lowest BCUT2D eigenvalue weighted by atomic mass is 9.69. The number of nitro groups is 1. The lowest BCUT2D eigenvalue weighted by molar-refractivity contribution is -0.384. The Labute approximate surface area is 195 Å². The number of hydrogen-bond donors (Lipinski definition) is 1. The molecule has 1 N–H and O–H groups in total. The largest absolute Gasteiger partial charge is 0.324 e. The maximum absolute atomic E-state index is 14.2. The lowest BCUT2D eigenvalue weighted by Crippen LogP contribution is -2.52. The maximum atomic E-state index is 14.2. The number of aromatic nitrogens is 1. The highest BCUT2D eigenvalue weighted by Crippen LogP contribution is 2.61. The van der Waals surface area contributed by atoms with Crippen molar-refractivity contribution in [3.63, 3.8) is 0 Å². The van der Waals surface area contributed by atoms with E-state index < -0.39 is 16.4 Å². The first-order chi connectivity index (χ1) is 16.5. The van der Waals surface area contributed by atoms with E-state index in [1.807, 2.05) is 30.3 Å². The molecule has 0 saturated carbocycles. The van der Waals surface area contributed by atoms with Crippen molar-refractivity contribution in [2.24, 2.45) is 5.92 Å². The van der Waals surface area contributed by atoms with Crippen molar-refractivity contribution in [1.82, 2.24) is 9.88 Å². The van der Waals surface area contributed by atoms with Crippen LogP contribution in [0.1, 0.15) is 40.2 Å². The molecule has 0 radical (unpaired) electrons. The number of anilines is 1. The summed E-state index contributed by atoms with van der Waals surface area (Å²) in [5, 5.41) is 14.6. The molecule has 3 aliphatic rings. The zero-order chi connectivity index (χ0) is 23.4. The third kappa shape index (κ3) is 2.72. The summed E-state index contributed by atoms with van der Waals surface area (Å²) in [6.07, 6.45) is 4.83. The van der Waals surface area contributed by atoms with Gasteiger partial charge in [0.15, 0.2) is 5.78 Å². The average Bonchev–Trinajstić information content (AvgIpc) is 3.52. The number of carbonyl (C=O) groups is 2. The number of hydrogen-bond acceptors (Lipinski definition) is 6. The third-order valence-electron chi connectivity index (χ3n) is 7.60. The standard InChI is InChI=1S/C26H22N4O4/c31-24(17-7-4-12-27-15-17)23-22(16-6-3-8-18(14-16)30(33)34)21-11-5-13-29(21)26(23)19-9-1-2-10-20(19)28-25(26)32/h1-4,6-10,12,14-15,21-23H,5,11,13H2,(H,28,32)/t21-,22-,23+,26+/m1/s1. The molecule has 2 saturated heterocycles. The monoisotopic (exact) mass is 454 g/mol. The van der Waals surface area contributed by atoms with Crippen molar-refractivity contribution >= 4 is 23.1 Å². The van der Waals surface area contributed by atoms with Crippen molar-refractivity contribution < 1.29 is 14.5 Å². The van der Waals surface area contributed by atoms with Gasteiger partial charge in [0.1, 0.15) is 5.54 Å². The number of ketones is 1. The first kappa shape index (κ1) is 20.7. The van der Waals surface area contributed by atoms with Crippen molar-refractivity contribution in [1.29, 1.82) is 0 Å². The van der Waals surface area contributed by atoms with Gasteiger partial charge in [-0.1, -0.05) is 30.3 Å². The Morgan fingerprint density at radius 3 is 2.79 bits per heavy atom. The Bertz CT molecular complexity index is 1330. The number of Topliss-reactive ketones (excluding diaryl/α,β-unsaturated/α-hetero) is 1. The smallest absolute Gasteiger partial charge is 0.269 e. The molecule has 2 fully saturated rings. The van der Waals surface area contributed by atoms with E-state index in [0.717, 1.165) is 18.4 Å². The normalized spacial score (nSPS) is 27.4. The second-order valence-corrected chi connectivity index (χ2v) is 9.13. The number of nitrogens with zero attached hydrogens (tertiary/aromatic N) is 3. The molecule has 8 nitrogen and oxygen atoms in total. The summed E-state index contributed by atoms with van der Waals surface area (Å²) in [6.45, 7) is 0.675. The van der Waals surface area contributed by atoms with Crippen LogP contribution in [0, 0.1) is 16.0 Å². The molecule has 0 bridgehead atoms. The predicted octanol–water partition coefficient (Wildman–Crippen LogP) is 3.90. The van der Waals surface area contributed by atoms with Crippen LogP contribution in [0.25, 0.3) is 0 Å². The minimum atomic E-state index is -1.18. The Balaban J connectivity index is 1.62. The second-order valence-electron chi connectivity index (χ2n) is 9.13. The molecular formula is C26H22N4O4. The Morgan fingerprint density at radius 2 is 2.00 bits per heavy atom. The molecule has 34 heavy (non-hydrogen) atoms. The zero-order valence-electron chi connectivity index (χ0n) is 18.3. The van der Waals surface area contributed by atoms with E-state index in [0.29, 0.717) is 23.4 Å². The van der Waals surface area contributed by atoms with Crippen LogP contribution in [-0.2, 0) is 10.3 Å². The van der Waals surface area contributed by atoms with Gasteiger partial charge in [-0.3, -0.25) is 29.6 Å². The number of pyridine rings is 1. The van der Waals surface area contributed by atoms with Crippen molar-refractivity contribution in [2.45, 2.75) is 30.3 Å². The lowest BCUT2D eigenvalue weighted by Gasteiger charge is -2.36. The van der Waals surface area contributed by atoms with Crippen molar-refractivity contribution in [2.75, 3.05) is 11.9 Å². The third-order valence-corrected chi connectivity index (χ3v) is 7.60. The highest BCUT2D eigenvalue weighted by atomic mass is 16.6. The summed E-state index contributed by atoms with van der Waals surface area (Å²) in [6, 6.07) is 17.4. The Kier molecular flexibility index (Phi) is 4.60. The van der Waals surface area contributed by atoms with E-state index >= 15 is 0 Å². The molecule has 3 aromatic rings. The van der Waals surface area contributed by atoms with Crippen molar-refractivity contribution in [3.05, 3.63) is 99.9 Å². The number of fused-ring (bicyclic) bond motifs is 4. The minimum absolute atomic E-state index is 0.0214. The summed E-state index contributed by atoms with van der Waals surface area (Å²) >= 11 is 0. The number of carbonyl (C=O) groups excluding carboxylic acids is 2. The molecule has 1 aromatic heterocycles. The van der Waals surface area contributed by atoms with Crippen LogP contribution in [-0.4, -0.2) is 39.1 Å². The van der Waals surface area contributed by atoms with Gasteiger partial charge in [-0.15, -0.1) is 0 Å². The predicted molar refractivity (Wildman–Crippen MR) is 124 cm³/mol. The second kappa shape index (κ2) is 7.56. The van der Waals surface area contributed by atoms with Gasteiger partial charge in [0.2, 0.25) is 5.91 Å². The number of non-ortho nitro benzene ring substituents is 1. The molecule has 0 unspecified atom stereocenters. The number of nitrogens with one attached hydrogen (secondary N) is 1. The zero-order valence-corrected chi connectivity index (χ0v) is 18.3. The Morgan fingerprint density at radius 1 is 1.15 bits per heavy atom. The fourth-order valence-corrected chi connectivity index (χ4v) is 6.42. The molecule has 2 aromatic carbocycles. The van der Waals surface area contributed by atoms with E-state index in [-0.39, 0.29) is 29.3 Å². The number of amides is 1. The summed E-state index contributed by atoms with van der Waals surface area (Å²) in [5.41, 5.74) is 1.44. The average molecular weight is 454 g/mol. The van der Waals surface area contributed by atoms with Crippen molar-refractivity contribution in [3.8, 4) is 0 Å². The van der Waals surface area contributed by atoms with Gasteiger partial charge in [0.05, 0.1) is 10.8 Å². The molecule has 0 aliphatic carbocycles. The van der Waals surface area contributed by atoms with E-state index in [1.54, 1.807) is 30.5 Å². The highest BCUT2D eigenvalue weighted by molar-refractivity contribution is 6.12. The van der Waals surface area contributed by atoms with Crippen LogP contribution in [0.5, 0.6) is 0 Å². The molecule has 4 heterocycles. The first-order valence-electron chi connectivity index (χ1n) is 11.4. The number of para-hydroxylation sites is 1. The van der Waals surface area contributed by atoms with Gasteiger partial charge < -0.3 is 5.32 Å². The van der Waals surface area contributed by atoms with Gasteiger partial charge in [-0.2, -0.15) is 0 Å². The topological polar surface area (TPSA) is 105 Å². The van der Waals surface area contributed by atoms with E-state index in [9.17, 15) is 19.7 Å². The molecular weight excluding hydrogens is 432 g/mol. The molecule has 1 spiro atoms. The van der Waals surface area contributed by atoms with Gasteiger partial charge in [0, 0.05) is 53.3 Å². The molecule has 4 atom stereocenters. The van der Waals surface area contributed by atoms with E-state index in [1.165, 1.54) is 12.3 Å². The number of benzene rings is 2. The summed E-state index contributed by atoms with van der Waals surface area (Å²) in [7, 11) is 0. The van der Waals surface area contributed by atoms with Crippen LogP contribution in [0.4, 0.5) is 11.4 Å². The van der Waals surface area contributed by atoms with Crippen LogP contribution >= 0.6 is 0 Å². The molecule has 3 aliphatic heterocycles. The molecule has 1 amide bonds. The van der Waals surface area contributed by atoms with Crippen LogP contribution < -0.4 is 5.32 Å². The maximum Gasteiger partial charge on any atom is 0.269 e. The number of rotatable bonds is 4. The van der Waals surface area contributed by atoms with Crippen LogP contribution in [0.15, 0.2) is 73.1 Å². The first-order valence-corrected chi connectivity index (χ1v) is 11.4. The van der Waals surface area contributed by atoms with Crippen LogP contribution in [0.3, 0.4) is 0 Å². The fourth-order valence-electron chi connectivity index (χ4n) is 6.42.